The lowest BCUT2D eigenvalue weighted by atomic mass is 10.3. The Hall–Kier alpha value is -1.87. The summed E-state index contributed by atoms with van der Waals surface area (Å²) in [6.45, 7) is -0.248. The molecule has 116 valence electrons. The SMILES string of the molecule is COC(CNC(=O)Nc1ccccc1SC(F)F)C(=O)O. The van der Waals surface area contributed by atoms with Crippen LogP contribution in [-0.4, -0.2) is 42.6 Å². The number of aliphatic carboxylic acids is 1. The number of benzene rings is 1. The average Bonchev–Trinajstić information content (AvgIpc) is 2.40. The van der Waals surface area contributed by atoms with Crippen molar-refractivity contribution < 1.29 is 28.2 Å². The van der Waals surface area contributed by atoms with Crippen LogP contribution in [0, 0.1) is 0 Å². The molecule has 0 bridgehead atoms. The molecule has 1 aromatic rings. The Labute approximate surface area is 123 Å². The van der Waals surface area contributed by atoms with Crippen molar-refractivity contribution in [3.05, 3.63) is 24.3 Å². The van der Waals surface area contributed by atoms with Gasteiger partial charge in [-0.3, -0.25) is 0 Å². The van der Waals surface area contributed by atoms with E-state index in [1.165, 1.54) is 19.2 Å². The topological polar surface area (TPSA) is 87.7 Å². The molecule has 0 aromatic heterocycles. The van der Waals surface area contributed by atoms with E-state index in [0.717, 1.165) is 0 Å². The van der Waals surface area contributed by atoms with Gasteiger partial charge < -0.3 is 20.5 Å². The third kappa shape index (κ3) is 5.96. The second-order valence-corrected chi connectivity index (χ2v) is 4.80. The Bertz CT molecular complexity index is 502. The normalized spacial score (nSPS) is 12.0. The predicted octanol–water partition coefficient (Wildman–Crippen LogP) is 2.22. The first-order valence-corrected chi connectivity index (χ1v) is 6.66. The van der Waals surface area contributed by atoms with Crippen LogP contribution in [0.2, 0.25) is 0 Å². The van der Waals surface area contributed by atoms with Crippen molar-refractivity contribution in [2.75, 3.05) is 19.0 Å². The van der Waals surface area contributed by atoms with E-state index in [1.54, 1.807) is 12.1 Å². The molecule has 0 aliphatic rings. The first-order chi connectivity index (χ1) is 9.93. The fourth-order valence-corrected chi connectivity index (χ4v) is 1.99. The minimum absolute atomic E-state index is 0.212. The maximum Gasteiger partial charge on any atom is 0.334 e. The minimum Gasteiger partial charge on any atom is -0.479 e. The highest BCUT2D eigenvalue weighted by Crippen LogP contribution is 2.31. The van der Waals surface area contributed by atoms with E-state index in [2.05, 4.69) is 15.4 Å². The number of carbonyl (C=O) groups excluding carboxylic acids is 1. The Kier molecular flexibility index (Phi) is 6.89. The van der Waals surface area contributed by atoms with Gasteiger partial charge in [-0.05, 0) is 12.1 Å². The number of carboxylic acids is 1. The second kappa shape index (κ2) is 8.42. The van der Waals surface area contributed by atoms with Gasteiger partial charge in [0.05, 0.1) is 12.2 Å². The second-order valence-electron chi connectivity index (χ2n) is 3.77. The molecule has 0 saturated heterocycles. The number of amides is 2. The number of para-hydroxylation sites is 1. The number of halogens is 2. The number of alkyl halides is 2. The van der Waals surface area contributed by atoms with Gasteiger partial charge >= 0.3 is 12.0 Å². The van der Waals surface area contributed by atoms with Crippen LogP contribution in [0.3, 0.4) is 0 Å². The Morgan fingerprint density at radius 2 is 2.05 bits per heavy atom. The molecule has 1 unspecified atom stereocenters. The van der Waals surface area contributed by atoms with Crippen molar-refractivity contribution >= 4 is 29.4 Å². The van der Waals surface area contributed by atoms with E-state index < -0.39 is 23.9 Å². The first-order valence-electron chi connectivity index (χ1n) is 5.78. The molecule has 2 amide bonds. The summed E-state index contributed by atoms with van der Waals surface area (Å²) in [5.41, 5.74) is 0.213. The monoisotopic (exact) mass is 320 g/mol. The molecule has 0 spiro atoms. The number of carbonyl (C=O) groups is 2. The summed E-state index contributed by atoms with van der Waals surface area (Å²) in [6, 6.07) is 5.36. The summed E-state index contributed by atoms with van der Waals surface area (Å²) in [7, 11) is 1.20. The van der Waals surface area contributed by atoms with Crippen LogP contribution in [0.15, 0.2) is 29.2 Å². The van der Waals surface area contributed by atoms with E-state index >= 15 is 0 Å². The number of nitrogens with one attached hydrogen (secondary N) is 2. The van der Waals surface area contributed by atoms with Gasteiger partial charge in [0.2, 0.25) is 0 Å². The fourth-order valence-electron chi connectivity index (χ4n) is 1.39. The lowest BCUT2D eigenvalue weighted by Gasteiger charge is -2.14. The van der Waals surface area contributed by atoms with Crippen LogP contribution in [-0.2, 0) is 9.53 Å². The number of methoxy groups -OCH3 is 1. The van der Waals surface area contributed by atoms with Gasteiger partial charge in [0.25, 0.3) is 5.76 Å². The molecule has 0 saturated carbocycles. The van der Waals surface area contributed by atoms with E-state index in [-0.39, 0.29) is 17.1 Å². The number of urea groups is 1. The predicted molar refractivity (Wildman–Crippen MR) is 73.8 cm³/mol. The van der Waals surface area contributed by atoms with Crippen LogP contribution in [0.1, 0.15) is 0 Å². The lowest BCUT2D eigenvalue weighted by Crippen LogP contribution is -2.39. The summed E-state index contributed by atoms with van der Waals surface area (Å²) in [5.74, 6) is -3.83. The third-order valence-electron chi connectivity index (χ3n) is 2.36. The zero-order valence-corrected chi connectivity index (χ0v) is 11.8. The number of carboxylic acid groups (broad SMARTS) is 1. The number of anilines is 1. The number of hydrogen-bond acceptors (Lipinski definition) is 4. The molecule has 1 rings (SSSR count). The third-order valence-corrected chi connectivity index (χ3v) is 3.15. The van der Waals surface area contributed by atoms with Crippen LogP contribution in [0.5, 0.6) is 0 Å². The van der Waals surface area contributed by atoms with Crippen LogP contribution < -0.4 is 10.6 Å². The van der Waals surface area contributed by atoms with Crippen LogP contribution in [0.25, 0.3) is 0 Å². The highest BCUT2D eigenvalue weighted by atomic mass is 32.2. The summed E-state index contributed by atoms with van der Waals surface area (Å²) in [6.07, 6.45) is -1.18. The molecule has 0 fully saturated rings. The van der Waals surface area contributed by atoms with E-state index in [4.69, 9.17) is 5.11 Å². The standard InChI is InChI=1S/C12H14F2N2O4S/c1-20-8(10(17)18)6-15-12(19)16-7-4-2-3-5-9(7)21-11(13)14/h2-5,8,11H,6H2,1H3,(H,17,18)(H2,15,16,19). The molecule has 21 heavy (non-hydrogen) atoms. The molecule has 3 N–H and O–H groups in total. The van der Waals surface area contributed by atoms with Gasteiger partial charge in [-0.25, -0.2) is 9.59 Å². The summed E-state index contributed by atoms with van der Waals surface area (Å²) < 4.78 is 29.4. The average molecular weight is 320 g/mol. The minimum atomic E-state index is -2.61. The highest BCUT2D eigenvalue weighted by molar-refractivity contribution is 7.99. The molecule has 0 radical (unpaired) electrons. The smallest absolute Gasteiger partial charge is 0.334 e. The Balaban J connectivity index is 2.60. The van der Waals surface area contributed by atoms with E-state index in [1.807, 2.05) is 0 Å². The Morgan fingerprint density at radius 3 is 2.62 bits per heavy atom. The maximum atomic E-state index is 12.4. The number of rotatable bonds is 7. The van der Waals surface area contributed by atoms with Crippen LogP contribution in [0.4, 0.5) is 19.3 Å². The van der Waals surface area contributed by atoms with Crippen molar-refractivity contribution in [3.63, 3.8) is 0 Å². The molecule has 9 heteroatoms. The summed E-state index contributed by atoms with van der Waals surface area (Å²) in [4.78, 5) is 22.5. The van der Waals surface area contributed by atoms with Gasteiger partial charge in [-0.1, -0.05) is 23.9 Å². The van der Waals surface area contributed by atoms with Crippen molar-refractivity contribution in [1.29, 1.82) is 0 Å². The largest absolute Gasteiger partial charge is 0.479 e. The Morgan fingerprint density at radius 1 is 1.38 bits per heavy atom. The zero-order valence-electron chi connectivity index (χ0n) is 11.0. The molecule has 0 aliphatic carbocycles. The summed E-state index contributed by atoms with van der Waals surface area (Å²) >= 11 is 0.306. The van der Waals surface area contributed by atoms with Gasteiger partial charge in [-0.15, -0.1) is 0 Å². The first kappa shape index (κ1) is 17.2. The zero-order chi connectivity index (χ0) is 15.8. The molecular weight excluding hydrogens is 306 g/mol. The molecule has 1 aromatic carbocycles. The van der Waals surface area contributed by atoms with Gasteiger partial charge in [-0.2, -0.15) is 8.78 Å². The maximum absolute atomic E-state index is 12.4. The van der Waals surface area contributed by atoms with Gasteiger partial charge in [0, 0.05) is 12.0 Å². The molecule has 0 heterocycles. The van der Waals surface area contributed by atoms with Crippen molar-refractivity contribution in [2.45, 2.75) is 16.8 Å². The van der Waals surface area contributed by atoms with Gasteiger partial charge in [0.1, 0.15) is 0 Å². The number of hydrogen-bond donors (Lipinski definition) is 3. The van der Waals surface area contributed by atoms with Crippen molar-refractivity contribution in [2.24, 2.45) is 0 Å². The lowest BCUT2D eigenvalue weighted by molar-refractivity contribution is -0.147. The summed E-state index contributed by atoms with van der Waals surface area (Å²) in [5, 5.41) is 13.4. The number of thioether (sulfide) groups is 1. The quantitative estimate of drug-likeness (QED) is 0.671. The van der Waals surface area contributed by atoms with Crippen molar-refractivity contribution in [3.8, 4) is 0 Å². The molecule has 6 nitrogen and oxygen atoms in total. The highest BCUT2D eigenvalue weighted by Gasteiger charge is 2.17. The van der Waals surface area contributed by atoms with Gasteiger partial charge in [0.15, 0.2) is 6.10 Å². The van der Waals surface area contributed by atoms with Crippen molar-refractivity contribution in [1.82, 2.24) is 5.32 Å². The fraction of sp³-hybridized carbons (Fsp3) is 0.333. The molecule has 0 aliphatic heterocycles. The van der Waals surface area contributed by atoms with E-state index in [0.29, 0.717) is 11.8 Å². The molecular formula is C12H14F2N2O4S. The van der Waals surface area contributed by atoms with E-state index in [9.17, 15) is 18.4 Å². The number of ether oxygens (including phenoxy) is 1. The van der Waals surface area contributed by atoms with Crippen LogP contribution >= 0.6 is 11.8 Å². The molecule has 1 atom stereocenters.